The standard InChI is InChI=1S/C9H6BrClN2O.C9H7BrN2O2.CH4.Cl3OP/c1-14-8-3-7-5(2-6(8)10)4-12-9(11)13-7;1-14-8-3-7-5(2-6(8)10)4-11-9(13)12-7;;1-5(2,3)4/h2-4H,1H3;2-4H,1H3,(H,11,12,13);1H4;. The first-order valence-corrected chi connectivity index (χ1v) is 14.9. The van der Waals surface area contributed by atoms with Crippen molar-refractivity contribution < 1.29 is 14.0 Å². The van der Waals surface area contributed by atoms with Crippen LogP contribution in [0.25, 0.3) is 21.8 Å². The number of aromatic amines is 1. The van der Waals surface area contributed by atoms with Gasteiger partial charge < -0.3 is 14.5 Å². The van der Waals surface area contributed by atoms with E-state index in [2.05, 4.69) is 85.5 Å². The van der Waals surface area contributed by atoms with Gasteiger partial charge in [-0.15, -0.1) is 0 Å². The van der Waals surface area contributed by atoms with E-state index < -0.39 is 5.20 Å². The zero-order chi connectivity index (χ0) is 24.8. The molecule has 2 aromatic carbocycles. The van der Waals surface area contributed by atoms with E-state index in [1.807, 2.05) is 18.2 Å². The molecule has 0 atom stereocenters. The van der Waals surface area contributed by atoms with Crippen molar-refractivity contribution in [1.29, 1.82) is 0 Å². The van der Waals surface area contributed by atoms with Crippen molar-refractivity contribution in [1.82, 2.24) is 19.9 Å². The molecular formula is C19H17Br2Cl4N4O4P. The number of methoxy groups -OCH3 is 2. The fraction of sp³-hybridized carbons (Fsp3) is 0.158. The normalized spacial score (nSPS) is 10.4. The largest absolute Gasteiger partial charge is 0.495 e. The molecule has 4 rings (SSSR count). The summed E-state index contributed by atoms with van der Waals surface area (Å²) in [7, 11) is 3.18. The second-order valence-corrected chi connectivity index (χ2v) is 14.5. The van der Waals surface area contributed by atoms with Crippen molar-refractivity contribution in [3.8, 4) is 11.5 Å². The molecule has 0 aliphatic heterocycles. The molecule has 0 fully saturated rings. The molecule has 0 saturated heterocycles. The highest BCUT2D eigenvalue weighted by atomic mass is 79.9. The van der Waals surface area contributed by atoms with Gasteiger partial charge >= 0.3 is 10.9 Å². The number of nitrogens with one attached hydrogen (secondary N) is 1. The molecule has 0 aliphatic rings. The maximum absolute atomic E-state index is 10.9. The molecule has 8 nitrogen and oxygen atoms in total. The number of nitrogens with zero attached hydrogens (tertiary/aromatic N) is 3. The lowest BCUT2D eigenvalue weighted by molar-refractivity contribution is 0.412. The van der Waals surface area contributed by atoms with Crippen LogP contribution in [0.4, 0.5) is 0 Å². The number of fused-ring (bicyclic) bond motifs is 2. The number of rotatable bonds is 2. The lowest BCUT2D eigenvalue weighted by Gasteiger charge is -2.04. The summed E-state index contributed by atoms with van der Waals surface area (Å²) in [6.45, 7) is 0. The zero-order valence-electron chi connectivity index (χ0n) is 16.7. The smallest absolute Gasteiger partial charge is 0.345 e. The number of aromatic nitrogens is 4. The van der Waals surface area contributed by atoms with Gasteiger partial charge in [-0.05, 0) is 89.3 Å². The fourth-order valence-corrected chi connectivity index (χ4v) is 3.57. The van der Waals surface area contributed by atoms with Gasteiger partial charge in [-0.2, -0.15) is 0 Å². The van der Waals surface area contributed by atoms with E-state index in [4.69, 9.17) is 21.1 Å². The van der Waals surface area contributed by atoms with Crippen LogP contribution < -0.4 is 15.2 Å². The monoisotopic (exact) mass is 694 g/mol. The Morgan fingerprint density at radius 1 is 0.912 bits per heavy atom. The molecule has 0 radical (unpaired) electrons. The van der Waals surface area contributed by atoms with Crippen LogP contribution in [0.2, 0.25) is 5.28 Å². The molecule has 1 N–H and O–H groups in total. The third-order valence-corrected chi connectivity index (χ3v) is 5.13. The maximum atomic E-state index is 10.9. The third-order valence-electron chi connectivity index (χ3n) is 3.71. The third kappa shape index (κ3) is 9.85. The van der Waals surface area contributed by atoms with Gasteiger partial charge in [0.25, 0.3) is 0 Å². The van der Waals surface area contributed by atoms with Crippen molar-refractivity contribution in [3.05, 3.63) is 61.4 Å². The fourth-order valence-electron chi connectivity index (χ4n) is 2.38. The van der Waals surface area contributed by atoms with E-state index in [0.717, 1.165) is 31.0 Å². The Labute approximate surface area is 231 Å². The van der Waals surface area contributed by atoms with Gasteiger partial charge in [0.15, 0.2) is 0 Å². The molecule has 0 spiro atoms. The average Bonchev–Trinajstić information content (AvgIpc) is 2.72. The number of hydrogen-bond acceptors (Lipinski definition) is 7. The quantitative estimate of drug-likeness (QED) is 0.166. The van der Waals surface area contributed by atoms with E-state index in [-0.39, 0.29) is 18.4 Å². The zero-order valence-corrected chi connectivity index (χ0v) is 23.7. The summed E-state index contributed by atoms with van der Waals surface area (Å²) >= 11 is 26.3. The van der Waals surface area contributed by atoms with Gasteiger partial charge in [-0.1, -0.05) is 7.43 Å². The van der Waals surface area contributed by atoms with E-state index in [1.165, 1.54) is 6.20 Å². The van der Waals surface area contributed by atoms with Crippen LogP contribution in [0.3, 0.4) is 0 Å². The van der Waals surface area contributed by atoms with Crippen molar-refractivity contribution in [2.24, 2.45) is 0 Å². The van der Waals surface area contributed by atoms with Crippen LogP contribution in [-0.4, -0.2) is 34.2 Å². The Kier molecular flexibility index (Phi) is 12.6. The molecule has 34 heavy (non-hydrogen) atoms. The lowest BCUT2D eigenvalue weighted by atomic mass is 10.2. The van der Waals surface area contributed by atoms with E-state index in [9.17, 15) is 9.36 Å². The Bertz CT molecular complexity index is 1380. The van der Waals surface area contributed by atoms with Crippen LogP contribution in [0.5, 0.6) is 11.5 Å². The van der Waals surface area contributed by atoms with E-state index in [1.54, 1.807) is 26.5 Å². The van der Waals surface area contributed by atoms with Crippen LogP contribution in [0, 0.1) is 0 Å². The minimum atomic E-state index is -3.22. The first-order chi connectivity index (χ1) is 15.4. The summed E-state index contributed by atoms with van der Waals surface area (Å²) in [6, 6.07) is 7.30. The Morgan fingerprint density at radius 3 is 1.97 bits per heavy atom. The Morgan fingerprint density at radius 2 is 1.41 bits per heavy atom. The predicted molar refractivity (Wildman–Crippen MR) is 147 cm³/mol. The topological polar surface area (TPSA) is 107 Å². The summed E-state index contributed by atoms with van der Waals surface area (Å²) in [5.41, 5.74) is 1.12. The summed E-state index contributed by atoms with van der Waals surface area (Å²) in [6.07, 6.45) is 3.20. The second kappa shape index (κ2) is 13.8. The average molecular weight is 698 g/mol. The van der Waals surface area contributed by atoms with Crippen LogP contribution in [0.15, 0.2) is 50.4 Å². The molecule has 0 saturated carbocycles. The van der Waals surface area contributed by atoms with Gasteiger partial charge in [0.2, 0.25) is 5.28 Å². The summed E-state index contributed by atoms with van der Waals surface area (Å²) < 4.78 is 21.5. The predicted octanol–water partition coefficient (Wildman–Crippen LogP) is 8.20. The number of H-pyrrole nitrogens is 1. The van der Waals surface area contributed by atoms with Crippen LogP contribution in [-0.2, 0) is 4.57 Å². The number of benzene rings is 2. The van der Waals surface area contributed by atoms with Crippen molar-refractivity contribution in [2.75, 3.05) is 14.2 Å². The van der Waals surface area contributed by atoms with Gasteiger partial charge in [-0.3, -0.25) is 4.57 Å². The first kappa shape index (κ1) is 30.9. The summed E-state index contributed by atoms with van der Waals surface area (Å²) in [5, 5.41) is -1.21. The molecule has 0 bridgehead atoms. The molecule has 0 unspecified atom stereocenters. The Balaban J connectivity index is 0.000000278. The van der Waals surface area contributed by atoms with Crippen molar-refractivity contribution in [3.63, 3.8) is 0 Å². The molecule has 15 heteroatoms. The molecule has 2 heterocycles. The molecule has 184 valence electrons. The van der Waals surface area contributed by atoms with E-state index in [0.29, 0.717) is 11.3 Å². The van der Waals surface area contributed by atoms with Crippen LogP contribution in [0.1, 0.15) is 7.43 Å². The number of halogens is 6. The van der Waals surface area contributed by atoms with Crippen molar-refractivity contribution in [2.45, 2.75) is 7.43 Å². The summed E-state index contributed by atoms with van der Waals surface area (Å²) in [5.74, 6) is 1.41. The highest BCUT2D eigenvalue weighted by molar-refractivity contribution is 9.11. The van der Waals surface area contributed by atoms with Gasteiger partial charge in [0, 0.05) is 35.3 Å². The maximum Gasteiger partial charge on any atom is 0.345 e. The minimum Gasteiger partial charge on any atom is -0.495 e. The van der Waals surface area contributed by atoms with Crippen molar-refractivity contribution >= 4 is 104 Å². The SMILES string of the molecule is C.COc1cc2[nH]c(=O)ncc2cc1Br.COc1cc2nc(Cl)ncc2cc1Br.O=P(Cl)(Cl)Cl. The summed E-state index contributed by atoms with van der Waals surface area (Å²) in [4.78, 5) is 25.2. The number of ether oxygens (including phenoxy) is 2. The first-order valence-electron chi connectivity index (χ1n) is 8.48. The highest BCUT2D eigenvalue weighted by Gasteiger charge is 2.05. The highest BCUT2D eigenvalue weighted by Crippen LogP contribution is 2.61. The van der Waals surface area contributed by atoms with Gasteiger partial charge in [0.1, 0.15) is 11.5 Å². The second-order valence-electron chi connectivity index (χ2n) is 5.85. The molecule has 2 aromatic heterocycles. The van der Waals surface area contributed by atoms with Crippen LogP contribution >= 0.6 is 82.4 Å². The lowest BCUT2D eigenvalue weighted by Crippen LogP contribution is -2.08. The molecule has 0 aliphatic carbocycles. The molecule has 4 aromatic rings. The molecular weight excluding hydrogens is 681 g/mol. The molecule has 0 amide bonds. The van der Waals surface area contributed by atoms with Gasteiger partial charge in [-0.25, -0.2) is 19.7 Å². The number of hydrogen-bond donors (Lipinski definition) is 1. The minimum absolute atomic E-state index is 0. The Hall–Kier alpha value is -1.13. The van der Waals surface area contributed by atoms with Gasteiger partial charge in [0.05, 0.1) is 34.2 Å². The van der Waals surface area contributed by atoms with E-state index >= 15 is 0 Å².